The summed E-state index contributed by atoms with van der Waals surface area (Å²) in [7, 11) is -3.90. The van der Waals surface area contributed by atoms with Gasteiger partial charge in [0.15, 0.2) is 0 Å². The smallest absolute Gasteiger partial charge is 0.261 e. The average Bonchev–Trinajstić information content (AvgIpc) is 2.72. The lowest BCUT2D eigenvalue weighted by Crippen LogP contribution is -2.17. The van der Waals surface area contributed by atoms with Gasteiger partial charge < -0.3 is 10.1 Å². The number of amides is 1. The van der Waals surface area contributed by atoms with E-state index in [1.165, 1.54) is 24.3 Å². The third kappa shape index (κ3) is 5.37. The van der Waals surface area contributed by atoms with Crippen molar-refractivity contribution in [3.8, 4) is 5.75 Å². The molecular formula is C23H23ClN2O4S. The van der Waals surface area contributed by atoms with Crippen LogP contribution in [0.3, 0.4) is 0 Å². The van der Waals surface area contributed by atoms with Gasteiger partial charge in [0, 0.05) is 10.6 Å². The van der Waals surface area contributed by atoms with E-state index in [9.17, 15) is 13.2 Å². The Morgan fingerprint density at radius 3 is 2.32 bits per heavy atom. The monoisotopic (exact) mass is 458 g/mol. The highest BCUT2D eigenvalue weighted by atomic mass is 35.5. The zero-order valence-corrected chi connectivity index (χ0v) is 19.0. The maximum absolute atomic E-state index is 13.0. The third-order valence-electron chi connectivity index (χ3n) is 4.61. The first-order valence-corrected chi connectivity index (χ1v) is 11.5. The third-order valence-corrected chi connectivity index (χ3v) is 6.20. The molecular weight excluding hydrogens is 436 g/mol. The predicted octanol–water partition coefficient (Wildman–Crippen LogP) is 5.41. The summed E-state index contributed by atoms with van der Waals surface area (Å²) in [5.41, 5.74) is 2.74. The van der Waals surface area contributed by atoms with Crippen LogP contribution in [0, 0.1) is 13.8 Å². The summed E-state index contributed by atoms with van der Waals surface area (Å²) in [6.45, 7) is 5.82. The Morgan fingerprint density at radius 2 is 1.68 bits per heavy atom. The van der Waals surface area contributed by atoms with E-state index >= 15 is 0 Å². The van der Waals surface area contributed by atoms with Crippen LogP contribution in [0.1, 0.15) is 28.4 Å². The van der Waals surface area contributed by atoms with Crippen LogP contribution in [0.2, 0.25) is 5.02 Å². The molecule has 3 aromatic rings. The van der Waals surface area contributed by atoms with Crippen LogP contribution in [0.25, 0.3) is 0 Å². The molecule has 0 bridgehead atoms. The summed E-state index contributed by atoms with van der Waals surface area (Å²) >= 11 is 5.97. The van der Waals surface area contributed by atoms with Crippen molar-refractivity contribution >= 4 is 38.9 Å². The van der Waals surface area contributed by atoms with Crippen molar-refractivity contribution in [1.29, 1.82) is 0 Å². The zero-order valence-electron chi connectivity index (χ0n) is 17.4. The SMILES string of the molecule is CCOc1ccc(S(=O)(=O)Nc2c(C)cccc2C)cc1NC(=O)c1cccc(Cl)c1. The lowest BCUT2D eigenvalue weighted by atomic mass is 10.1. The molecule has 6 nitrogen and oxygen atoms in total. The molecule has 0 atom stereocenters. The number of carbonyl (C=O) groups is 1. The van der Waals surface area contributed by atoms with E-state index in [1.54, 1.807) is 25.1 Å². The van der Waals surface area contributed by atoms with Crippen LogP contribution in [0.5, 0.6) is 5.75 Å². The van der Waals surface area contributed by atoms with Gasteiger partial charge in [-0.3, -0.25) is 9.52 Å². The van der Waals surface area contributed by atoms with Crippen molar-refractivity contribution in [3.63, 3.8) is 0 Å². The minimum atomic E-state index is -3.90. The number of carbonyl (C=O) groups excluding carboxylic acids is 1. The Morgan fingerprint density at radius 1 is 1.00 bits per heavy atom. The van der Waals surface area contributed by atoms with Gasteiger partial charge in [-0.25, -0.2) is 8.42 Å². The number of aryl methyl sites for hydroxylation is 2. The highest BCUT2D eigenvalue weighted by Crippen LogP contribution is 2.30. The summed E-state index contributed by atoms with van der Waals surface area (Å²) in [6.07, 6.45) is 0. The summed E-state index contributed by atoms with van der Waals surface area (Å²) in [4.78, 5) is 12.7. The van der Waals surface area contributed by atoms with Gasteiger partial charge in [0.2, 0.25) is 0 Å². The molecule has 1 amide bonds. The summed E-state index contributed by atoms with van der Waals surface area (Å²) in [5.74, 6) is -0.0652. The summed E-state index contributed by atoms with van der Waals surface area (Å²) in [6, 6.07) is 16.3. The number of para-hydroxylation sites is 1. The van der Waals surface area contributed by atoms with E-state index in [0.717, 1.165) is 11.1 Å². The van der Waals surface area contributed by atoms with E-state index in [2.05, 4.69) is 10.0 Å². The molecule has 0 aliphatic rings. The number of sulfonamides is 1. The summed E-state index contributed by atoms with van der Waals surface area (Å²) in [5, 5.41) is 3.15. The van der Waals surface area contributed by atoms with E-state index in [4.69, 9.17) is 16.3 Å². The highest BCUT2D eigenvalue weighted by molar-refractivity contribution is 7.92. The second-order valence-corrected chi connectivity index (χ2v) is 9.05. The van der Waals surface area contributed by atoms with Gasteiger partial charge in [0.25, 0.3) is 15.9 Å². The van der Waals surface area contributed by atoms with Crippen LogP contribution in [0.4, 0.5) is 11.4 Å². The van der Waals surface area contributed by atoms with E-state index < -0.39 is 15.9 Å². The fourth-order valence-electron chi connectivity index (χ4n) is 3.05. The molecule has 3 aromatic carbocycles. The van der Waals surface area contributed by atoms with E-state index in [0.29, 0.717) is 28.6 Å². The number of hydrogen-bond acceptors (Lipinski definition) is 4. The molecule has 0 saturated heterocycles. The maximum atomic E-state index is 13.0. The first-order chi connectivity index (χ1) is 14.7. The fourth-order valence-corrected chi connectivity index (χ4v) is 4.47. The average molecular weight is 459 g/mol. The van der Waals surface area contributed by atoms with Gasteiger partial charge >= 0.3 is 0 Å². The Labute approximate surface area is 187 Å². The molecule has 2 N–H and O–H groups in total. The molecule has 31 heavy (non-hydrogen) atoms. The molecule has 0 aromatic heterocycles. The Kier molecular flexibility index (Phi) is 6.87. The van der Waals surface area contributed by atoms with Crippen LogP contribution in [0.15, 0.2) is 65.6 Å². The topological polar surface area (TPSA) is 84.5 Å². The molecule has 0 fully saturated rings. The Bertz CT molecular complexity index is 1210. The van der Waals surface area contributed by atoms with Crippen molar-refractivity contribution < 1.29 is 17.9 Å². The van der Waals surface area contributed by atoms with Crippen molar-refractivity contribution in [2.24, 2.45) is 0 Å². The molecule has 0 unspecified atom stereocenters. The molecule has 0 heterocycles. The lowest BCUT2D eigenvalue weighted by Gasteiger charge is -2.16. The molecule has 3 rings (SSSR count). The molecule has 0 radical (unpaired) electrons. The highest BCUT2D eigenvalue weighted by Gasteiger charge is 2.20. The second kappa shape index (κ2) is 9.41. The Hall–Kier alpha value is -3.03. The van der Waals surface area contributed by atoms with Gasteiger partial charge in [-0.2, -0.15) is 0 Å². The number of halogens is 1. The molecule has 0 aliphatic heterocycles. The van der Waals surface area contributed by atoms with Crippen molar-refractivity contribution in [3.05, 3.63) is 82.4 Å². The molecule has 0 spiro atoms. The van der Waals surface area contributed by atoms with Gasteiger partial charge in [0.1, 0.15) is 5.75 Å². The first-order valence-electron chi connectivity index (χ1n) is 9.64. The minimum Gasteiger partial charge on any atom is -0.492 e. The van der Waals surface area contributed by atoms with Crippen LogP contribution >= 0.6 is 11.6 Å². The largest absolute Gasteiger partial charge is 0.492 e. The van der Waals surface area contributed by atoms with E-state index in [1.807, 2.05) is 32.0 Å². The number of nitrogens with one attached hydrogen (secondary N) is 2. The maximum Gasteiger partial charge on any atom is 0.261 e. The van der Waals surface area contributed by atoms with Crippen LogP contribution in [-0.4, -0.2) is 20.9 Å². The zero-order chi connectivity index (χ0) is 22.6. The van der Waals surface area contributed by atoms with Gasteiger partial charge in [0.05, 0.1) is 22.9 Å². The van der Waals surface area contributed by atoms with Gasteiger partial charge in [-0.1, -0.05) is 35.9 Å². The quantitative estimate of drug-likeness (QED) is 0.495. The number of ether oxygens (including phenoxy) is 1. The molecule has 0 saturated carbocycles. The van der Waals surface area contributed by atoms with E-state index in [-0.39, 0.29) is 10.6 Å². The minimum absolute atomic E-state index is 0.000000192. The molecule has 162 valence electrons. The van der Waals surface area contributed by atoms with Gasteiger partial charge in [-0.15, -0.1) is 0 Å². The fraction of sp³-hybridized carbons (Fsp3) is 0.174. The molecule has 0 aliphatic carbocycles. The first kappa shape index (κ1) is 22.7. The number of rotatable bonds is 7. The summed E-state index contributed by atoms with van der Waals surface area (Å²) < 4.78 is 34.3. The normalized spacial score (nSPS) is 11.1. The molecule has 8 heteroatoms. The second-order valence-electron chi connectivity index (χ2n) is 6.93. The number of benzene rings is 3. The standard InChI is InChI=1S/C23H23ClN2O4S/c1-4-30-21-12-11-19(31(28,29)26-22-15(2)7-5-8-16(22)3)14-20(21)25-23(27)17-9-6-10-18(24)13-17/h5-14,26H,4H2,1-3H3,(H,25,27). The van der Waals surface area contributed by atoms with Gasteiger partial charge in [-0.05, 0) is 68.3 Å². The number of anilines is 2. The van der Waals surface area contributed by atoms with Crippen molar-refractivity contribution in [2.45, 2.75) is 25.7 Å². The van der Waals surface area contributed by atoms with Crippen molar-refractivity contribution in [2.75, 3.05) is 16.6 Å². The van der Waals surface area contributed by atoms with Crippen LogP contribution < -0.4 is 14.8 Å². The van der Waals surface area contributed by atoms with Crippen LogP contribution in [-0.2, 0) is 10.0 Å². The predicted molar refractivity (Wildman–Crippen MR) is 124 cm³/mol. The Balaban J connectivity index is 1.96. The van der Waals surface area contributed by atoms with Crippen molar-refractivity contribution in [1.82, 2.24) is 0 Å². The number of hydrogen-bond donors (Lipinski definition) is 2. The lowest BCUT2D eigenvalue weighted by molar-refractivity contribution is 0.102.